The van der Waals surface area contributed by atoms with E-state index in [9.17, 15) is 9.59 Å². The van der Waals surface area contributed by atoms with Crippen LogP contribution < -0.4 is 5.32 Å². The number of nitrogens with zero attached hydrogens (tertiary/aromatic N) is 1. The fourth-order valence-corrected chi connectivity index (χ4v) is 2.34. The van der Waals surface area contributed by atoms with E-state index in [-0.39, 0.29) is 23.9 Å². The predicted octanol–water partition coefficient (Wildman–Crippen LogP) is 2.46. The van der Waals surface area contributed by atoms with Crippen molar-refractivity contribution in [1.82, 2.24) is 10.2 Å². The Balaban J connectivity index is 1.96. The lowest BCUT2D eigenvalue weighted by Gasteiger charge is -2.33. The van der Waals surface area contributed by atoms with Gasteiger partial charge in [0, 0.05) is 18.6 Å². The van der Waals surface area contributed by atoms with Gasteiger partial charge in [-0.1, -0.05) is 20.8 Å². The molecule has 0 aromatic carbocycles. The first-order valence-corrected chi connectivity index (χ1v) is 7.56. The van der Waals surface area contributed by atoms with Gasteiger partial charge in [0.05, 0.1) is 6.42 Å². The van der Waals surface area contributed by atoms with Crippen LogP contribution in [0.3, 0.4) is 0 Å². The van der Waals surface area contributed by atoms with Gasteiger partial charge < -0.3 is 15.3 Å². The molecule has 20 heavy (non-hydrogen) atoms. The molecule has 5 heteroatoms. The van der Waals surface area contributed by atoms with Crippen molar-refractivity contribution in [3.63, 3.8) is 0 Å². The van der Waals surface area contributed by atoms with Crippen LogP contribution in [0.15, 0.2) is 0 Å². The van der Waals surface area contributed by atoms with E-state index in [1.807, 2.05) is 25.7 Å². The number of amides is 2. The highest BCUT2D eigenvalue weighted by atomic mass is 16.4. The number of carbonyl (C=O) groups excluding carboxylic acids is 1. The average molecular weight is 282 g/mol. The fraction of sp³-hybridized carbons (Fsp3) is 0.867. The molecule has 1 atom stereocenters. The van der Waals surface area contributed by atoms with Gasteiger partial charge in [0.25, 0.3) is 0 Å². The van der Waals surface area contributed by atoms with Gasteiger partial charge >= 0.3 is 12.0 Å². The number of carbonyl (C=O) groups is 2. The van der Waals surface area contributed by atoms with Gasteiger partial charge in [-0.25, -0.2) is 4.79 Å². The molecule has 2 saturated carbocycles. The zero-order valence-corrected chi connectivity index (χ0v) is 12.7. The van der Waals surface area contributed by atoms with Crippen molar-refractivity contribution in [2.75, 3.05) is 6.54 Å². The van der Waals surface area contributed by atoms with E-state index in [1.165, 1.54) is 12.8 Å². The van der Waals surface area contributed by atoms with Crippen LogP contribution in [0.2, 0.25) is 0 Å². The molecule has 2 rings (SSSR count). The molecule has 0 aromatic heterocycles. The van der Waals surface area contributed by atoms with Crippen molar-refractivity contribution in [2.24, 2.45) is 11.3 Å². The lowest BCUT2D eigenvalue weighted by Crippen LogP contribution is -2.51. The number of hydrogen-bond acceptors (Lipinski definition) is 2. The van der Waals surface area contributed by atoms with Crippen molar-refractivity contribution in [2.45, 2.75) is 65.0 Å². The summed E-state index contributed by atoms with van der Waals surface area (Å²) in [5.74, 6) is -0.209. The van der Waals surface area contributed by atoms with Crippen LogP contribution in [0.25, 0.3) is 0 Å². The lowest BCUT2D eigenvalue weighted by atomic mass is 9.85. The second-order valence-electron chi connectivity index (χ2n) is 7.29. The Kier molecular flexibility index (Phi) is 4.25. The molecule has 2 aliphatic carbocycles. The first-order valence-electron chi connectivity index (χ1n) is 7.56. The van der Waals surface area contributed by atoms with Crippen molar-refractivity contribution >= 4 is 12.0 Å². The molecule has 0 spiro atoms. The first kappa shape index (κ1) is 15.1. The minimum Gasteiger partial charge on any atom is -0.481 e. The van der Waals surface area contributed by atoms with E-state index >= 15 is 0 Å². The van der Waals surface area contributed by atoms with E-state index in [1.54, 1.807) is 0 Å². The number of rotatable bonds is 6. The van der Waals surface area contributed by atoms with E-state index in [2.05, 4.69) is 5.32 Å². The Labute approximate surface area is 120 Å². The van der Waals surface area contributed by atoms with Crippen molar-refractivity contribution < 1.29 is 14.7 Å². The maximum atomic E-state index is 12.4. The smallest absolute Gasteiger partial charge is 0.317 e. The molecule has 0 aromatic rings. The van der Waals surface area contributed by atoms with Crippen molar-refractivity contribution in [3.8, 4) is 0 Å². The molecule has 2 N–H and O–H groups in total. The van der Waals surface area contributed by atoms with Crippen LogP contribution in [-0.4, -0.2) is 40.6 Å². The summed E-state index contributed by atoms with van der Waals surface area (Å²) in [6.45, 7) is 6.72. The van der Waals surface area contributed by atoms with Crippen LogP contribution >= 0.6 is 0 Å². The number of carboxylic acid groups (broad SMARTS) is 1. The fourth-order valence-electron chi connectivity index (χ4n) is 2.34. The van der Waals surface area contributed by atoms with Gasteiger partial charge in [0.1, 0.15) is 0 Å². The third-order valence-corrected chi connectivity index (χ3v) is 4.12. The summed E-state index contributed by atoms with van der Waals surface area (Å²) in [5, 5.41) is 12.0. The monoisotopic (exact) mass is 282 g/mol. The molecular weight excluding hydrogens is 256 g/mol. The standard InChI is InChI=1S/C15H26N2O3/c1-15(2,3)12(8-13(18)19)16-14(20)17(11-6-7-11)9-10-4-5-10/h10-12H,4-9H2,1-3H3,(H,16,20)(H,18,19). The zero-order chi connectivity index (χ0) is 14.9. The molecule has 2 amide bonds. The Morgan fingerprint density at radius 1 is 1.25 bits per heavy atom. The van der Waals surface area contributed by atoms with Crippen LogP contribution in [0.4, 0.5) is 4.79 Å². The second-order valence-corrected chi connectivity index (χ2v) is 7.29. The molecule has 0 heterocycles. The maximum absolute atomic E-state index is 12.4. The highest BCUT2D eigenvalue weighted by Gasteiger charge is 2.38. The molecule has 0 bridgehead atoms. The largest absolute Gasteiger partial charge is 0.481 e. The molecule has 2 aliphatic rings. The Bertz CT molecular complexity index is 381. The first-order chi connectivity index (χ1) is 9.27. The quantitative estimate of drug-likeness (QED) is 0.786. The van der Waals surface area contributed by atoms with E-state index in [0.717, 1.165) is 19.4 Å². The molecule has 2 fully saturated rings. The summed E-state index contributed by atoms with van der Waals surface area (Å²) in [5.41, 5.74) is -0.261. The predicted molar refractivity (Wildman–Crippen MR) is 76.5 cm³/mol. The van der Waals surface area contributed by atoms with Gasteiger partial charge in [0.15, 0.2) is 0 Å². The third-order valence-electron chi connectivity index (χ3n) is 4.12. The normalized spacial score (nSPS) is 20.4. The highest BCUT2D eigenvalue weighted by Crippen LogP contribution is 2.35. The van der Waals surface area contributed by atoms with Gasteiger partial charge in [-0.15, -0.1) is 0 Å². The maximum Gasteiger partial charge on any atom is 0.317 e. The number of aliphatic carboxylic acids is 1. The summed E-state index contributed by atoms with van der Waals surface area (Å²) in [4.78, 5) is 25.4. The lowest BCUT2D eigenvalue weighted by molar-refractivity contribution is -0.138. The summed E-state index contributed by atoms with van der Waals surface area (Å²) in [6.07, 6.45) is 4.57. The molecular formula is C15H26N2O3. The molecule has 114 valence electrons. The summed E-state index contributed by atoms with van der Waals surface area (Å²) in [7, 11) is 0. The van der Waals surface area contributed by atoms with Crippen LogP contribution in [0, 0.1) is 11.3 Å². The second kappa shape index (κ2) is 5.62. The number of carboxylic acids is 1. The Hall–Kier alpha value is -1.26. The average Bonchev–Trinajstić information content (AvgIpc) is 3.15. The van der Waals surface area contributed by atoms with Crippen LogP contribution in [-0.2, 0) is 4.79 Å². The van der Waals surface area contributed by atoms with E-state index < -0.39 is 5.97 Å². The topological polar surface area (TPSA) is 69.6 Å². The Morgan fingerprint density at radius 3 is 2.25 bits per heavy atom. The third kappa shape index (κ3) is 4.39. The van der Waals surface area contributed by atoms with Gasteiger partial charge in [0.2, 0.25) is 0 Å². The van der Waals surface area contributed by atoms with Gasteiger partial charge in [-0.05, 0) is 37.0 Å². The highest BCUT2D eigenvalue weighted by molar-refractivity contribution is 5.76. The van der Waals surface area contributed by atoms with E-state index in [0.29, 0.717) is 12.0 Å². The SMILES string of the molecule is CC(C)(C)C(CC(=O)O)NC(=O)N(CC1CC1)C1CC1. The molecule has 1 unspecified atom stereocenters. The summed E-state index contributed by atoms with van der Waals surface area (Å²) < 4.78 is 0. The minimum atomic E-state index is -0.870. The van der Waals surface area contributed by atoms with E-state index in [4.69, 9.17) is 5.11 Å². The minimum absolute atomic E-state index is 0.0306. The van der Waals surface area contributed by atoms with Gasteiger partial charge in [-0.2, -0.15) is 0 Å². The van der Waals surface area contributed by atoms with Crippen LogP contribution in [0.1, 0.15) is 52.9 Å². The number of nitrogens with one attached hydrogen (secondary N) is 1. The van der Waals surface area contributed by atoms with Crippen molar-refractivity contribution in [3.05, 3.63) is 0 Å². The number of hydrogen-bond donors (Lipinski definition) is 2. The molecule has 0 saturated heterocycles. The molecule has 0 radical (unpaired) electrons. The van der Waals surface area contributed by atoms with Crippen LogP contribution in [0.5, 0.6) is 0 Å². The zero-order valence-electron chi connectivity index (χ0n) is 12.7. The Morgan fingerprint density at radius 2 is 1.85 bits per heavy atom. The van der Waals surface area contributed by atoms with Crippen molar-refractivity contribution in [1.29, 1.82) is 0 Å². The summed E-state index contributed by atoms with van der Waals surface area (Å²) in [6, 6.07) is -0.0467. The van der Waals surface area contributed by atoms with Gasteiger partial charge in [-0.3, -0.25) is 4.79 Å². The molecule has 0 aliphatic heterocycles. The summed E-state index contributed by atoms with van der Waals surface area (Å²) >= 11 is 0. The molecule has 5 nitrogen and oxygen atoms in total. The number of urea groups is 1.